The van der Waals surface area contributed by atoms with Crippen LogP contribution >= 0.6 is 23.2 Å². The van der Waals surface area contributed by atoms with Crippen molar-refractivity contribution >= 4 is 28.9 Å². The van der Waals surface area contributed by atoms with Gasteiger partial charge in [0.2, 0.25) is 0 Å². The third-order valence-corrected chi connectivity index (χ3v) is 2.71. The lowest BCUT2D eigenvalue weighted by Gasteiger charge is -2.10. The fourth-order valence-corrected chi connectivity index (χ4v) is 1.61. The van der Waals surface area contributed by atoms with Crippen LogP contribution in [0.4, 0.5) is 10.1 Å². The zero-order valence-corrected chi connectivity index (χ0v) is 10.1. The molecule has 0 fully saturated rings. The number of nitrogen functional groups attached to an aromatic ring is 1. The molecule has 5 heteroatoms. The number of ether oxygens (including phenoxy) is 1. The predicted molar refractivity (Wildman–Crippen MR) is 67.3 cm³/mol. The Balaban J connectivity index is 2.37. The summed E-state index contributed by atoms with van der Waals surface area (Å²) in [5, 5.41) is 0.383. The van der Waals surface area contributed by atoms with Crippen molar-refractivity contribution < 1.29 is 9.13 Å². The minimum atomic E-state index is -0.587. The van der Waals surface area contributed by atoms with Gasteiger partial charge in [-0.25, -0.2) is 4.39 Å². The normalized spacial score (nSPS) is 10.3. The molecule has 17 heavy (non-hydrogen) atoms. The third-order valence-electron chi connectivity index (χ3n) is 2.11. The number of hydrogen-bond acceptors (Lipinski definition) is 2. The molecule has 88 valence electrons. The van der Waals surface area contributed by atoms with Crippen LogP contribution in [0.5, 0.6) is 11.5 Å². The molecule has 0 aliphatic rings. The molecule has 2 N–H and O–H groups in total. The lowest BCUT2D eigenvalue weighted by atomic mass is 10.3. The van der Waals surface area contributed by atoms with E-state index in [1.807, 2.05) is 0 Å². The maximum Gasteiger partial charge on any atom is 0.152 e. The van der Waals surface area contributed by atoms with Crippen molar-refractivity contribution in [1.82, 2.24) is 0 Å². The minimum absolute atomic E-state index is 0.0544. The van der Waals surface area contributed by atoms with Gasteiger partial charge in [-0.2, -0.15) is 0 Å². The Morgan fingerprint density at radius 2 is 1.71 bits per heavy atom. The Kier molecular flexibility index (Phi) is 3.41. The van der Waals surface area contributed by atoms with Crippen LogP contribution in [0.25, 0.3) is 0 Å². The first-order valence-electron chi connectivity index (χ1n) is 4.75. The van der Waals surface area contributed by atoms with Gasteiger partial charge in [-0.3, -0.25) is 0 Å². The molecule has 0 amide bonds. The maximum atomic E-state index is 13.1. The molecular weight excluding hydrogens is 264 g/mol. The molecule has 2 aromatic carbocycles. The summed E-state index contributed by atoms with van der Waals surface area (Å²) in [6.07, 6.45) is 0. The van der Waals surface area contributed by atoms with Crippen LogP contribution in [0.15, 0.2) is 36.4 Å². The molecule has 2 rings (SSSR count). The second kappa shape index (κ2) is 4.82. The van der Waals surface area contributed by atoms with E-state index >= 15 is 0 Å². The highest BCUT2D eigenvalue weighted by molar-refractivity contribution is 6.32. The smallest absolute Gasteiger partial charge is 0.152 e. The monoisotopic (exact) mass is 271 g/mol. The van der Waals surface area contributed by atoms with Crippen molar-refractivity contribution in [3.05, 3.63) is 52.3 Å². The summed E-state index contributed by atoms with van der Waals surface area (Å²) < 4.78 is 18.6. The molecule has 0 atom stereocenters. The van der Waals surface area contributed by atoms with E-state index in [0.29, 0.717) is 10.8 Å². The van der Waals surface area contributed by atoms with Crippen LogP contribution in [0, 0.1) is 5.82 Å². The van der Waals surface area contributed by atoms with Gasteiger partial charge in [0.05, 0.1) is 15.7 Å². The predicted octanol–water partition coefficient (Wildman–Crippen LogP) is 4.51. The molecule has 2 aromatic rings. The summed E-state index contributed by atoms with van der Waals surface area (Å²) in [4.78, 5) is 0. The van der Waals surface area contributed by atoms with Gasteiger partial charge in [-0.15, -0.1) is 0 Å². The van der Waals surface area contributed by atoms with E-state index in [-0.39, 0.29) is 16.5 Å². The minimum Gasteiger partial charge on any atom is -0.454 e. The summed E-state index contributed by atoms with van der Waals surface area (Å²) in [5.74, 6) is 0.115. The van der Waals surface area contributed by atoms with Gasteiger partial charge in [-0.1, -0.05) is 35.3 Å². The number of hydrogen-bond donors (Lipinski definition) is 1. The van der Waals surface area contributed by atoms with Crippen molar-refractivity contribution in [3.63, 3.8) is 0 Å². The molecular formula is C12H8Cl2FNO. The first kappa shape index (κ1) is 12.0. The average molecular weight is 272 g/mol. The zero-order valence-electron chi connectivity index (χ0n) is 8.58. The summed E-state index contributed by atoms with van der Waals surface area (Å²) in [5.41, 5.74) is 5.78. The number of benzene rings is 2. The van der Waals surface area contributed by atoms with Gasteiger partial charge >= 0.3 is 0 Å². The summed E-state index contributed by atoms with van der Waals surface area (Å²) in [6.45, 7) is 0. The molecule has 0 aromatic heterocycles. The van der Waals surface area contributed by atoms with Gasteiger partial charge in [0.15, 0.2) is 5.75 Å². The van der Waals surface area contributed by atoms with Crippen LogP contribution in [0.3, 0.4) is 0 Å². The van der Waals surface area contributed by atoms with Crippen molar-refractivity contribution in [3.8, 4) is 11.5 Å². The Labute approximate surface area is 108 Å². The standard InChI is InChI=1S/C12H8Cl2FNO/c13-7-3-1-2-4-11(7)17-12-5-8(14)9(15)6-10(12)16/h1-6H,16H2. The summed E-state index contributed by atoms with van der Waals surface area (Å²) in [7, 11) is 0. The lowest BCUT2D eigenvalue weighted by Crippen LogP contribution is -1.94. The van der Waals surface area contributed by atoms with E-state index in [4.69, 9.17) is 33.7 Å². The Bertz CT molecular complexity index is 560. The summed E-state index contributed by atoms with van der Waals surface area (Å²) >= 11 is 11.6. The molecule has 0 unspecified atom stereocenters. The molecule has 0 saturated carbocycles. The molecule has 0 heterocycles. The van der Waals surface area contributed by atoms with E-state index in [1.54, 1.807) is 24.3 Å². The fraction of sp³-hybridized carbons (Fsp3) is 0. The Morgan fingerprint density at radius 1 is 1.00 bits per heavy atom. The van der Waals surface area contributed by atoms with Crippen molar-refractivity contribution in [2.24, 2.45) is 0 Å². The second-order valence-electron chi connectivity index (χ2n) is 3.34. The van der Waals surface area contributed by atoms with E-state index < -0.39 is 5.82 Å². The molecule has 2 nitrogen and oxygen atoms in total. The highest BCUT2D eigenvalue weighted by atomic mass is 35.5. The first-order chi connectivity index (χ1) is 8.08. The quantitative estimate of drug-likeness (QED) is 0.816. The topological polar surface area (TPSA) is 35.2 Å². The Hall–Kier alpha value is -1.45. The largest absolute Gasteiger partial charge is 0.454 e. The number of para-hydroxylation sites is 1. The molecule has 0 aliphatic heterocycles. The van der Waals surface area contributed by atoms with Crippen molar-refractivity contribution in [2.45, 2.75) is 0 Å². The van der Waals surface area contributed by atoms with Crippen molar-refractivity contribution in [2.75, 3.05) is 5.73 Å². The highest BCUT2D eigenvalue weighted by Gasteiger charge is 2.09. The van der Waals surface area contributed by atoms with E-state index in [1.165, 1.54) is 6.07 Å². The third kappa shape index (κ3) is 2.62. The van der Waals surface area contributed by atoms with Crippen LogP contribution in [-0.2, 0) is 0 Å². The SMILES string of the molecule is Nc1cc(F)c(Cl)cc1Oc1ccccc1Cl. The first-order valence-corrected chi connectivity index (χ1v) is 5.50. The van der Waals surface area contributed by atoms with Crippen LogP contribution in [0.1, 0.15) is 0 Å². The molecule has 0 bridgehead atoms. The summed E-state index contributed by atoms with van der Waals surface area (Å²) in [6, 6.07) is 9.32. The maximum absolute atomic E-state index is 13.1. The van der Waals surface area contributed by atoms with Gasteiger partial charge in [0.1, 0.15) is 11.6 Å². The fourth-order valence-electron chi connectivity index (χ4n) is 1.28. The number of nitrogens with two attached hydrogens (primary N) is 1. The number of anilines is 1. The lowest BCUT2D eigenvalue weighted by molar-refractivity contribution is 0.483. The molecule has 0 aliphatic carbocycles. The van der Waals surface area contributed by atoms with Gasteiger partial charge < -0.3 is 10.5 Å². The van der Waals surface area contributed by atoms with Gasteiger partial charge in [0.25, 0.3) is 0 Å². The average Bonchev–Trinajstić information content (AvgIpc) is 2.29. The Morgan fingerprint density at radius 3 is 2.41 bits per heavy atom. The molecule has 0 radical (unpaired) electrons. The molecule has 0 saturated heterocycles. The van der Waals surface area contributed by atoms with Gasteiger partial charge in [0, 0.05) is 12.1 Å². The molecule has 0 spiro atoms. The highest BCUT2D eigenvalue weighted by Crippen LogP contribution is 2.34. The van der Waals surface area contributed by atoms with Crippen molar-refractivity contribution in [1.29, 1.82) is 0 Å². The van der Waals surface area contributed by atoms with Crippen LogP contribution in [0.2, 0.25) is 10.0 Å². The van der Waals surface area contributed by atoms with E-state index in [2.05, 4.69) is 0 Å². The zero-order chi connectivity index (χ0) is 12.4. The van der Waals surface area contributed by atoms with E-state index in [9.17, 15) is 4.39 Å². The van der Waals surface area contributed by atoms with E-state index in [0.717, 1.165) is 6.07 Å². The van der Waals surface area contributed by atoms with Gasteiger partial charge in [-0.05, 0) is 12.1 Å². The van der Waals surface area contributed by atoms with Crippen LogP contribution < -0.4 is 10.5 Å². The number of rotatable bonds is 2. The van der Waals surface area contributed by atoms with Crippen LogP contribution in [-0.4, -0.2) is 0 Å². The number of halogens is 3. The second-order valence-corrected chi connectivity index (χ2v) is 4.15.